The third kappa shape index (κ3) is 3.72. The monoisotopic (exact) mass is 285 g/mol. The first kappa shape index (κ1) is 14.4. The van der Waals surface area contributed by atoms with Crippen molar-refractivity contribution in [1.82, 2.24) is 10.6 Å². The zero-order valence-electron chi connectivity index (χ0n) is 11.3. The van der Waals surface area contributed by atoms with Gasteiger partial charge in [0.2, 0.25) is 0 Å². The summed E-state index contributed by atoms with van der Waals surface area (Å²) in [6.07, 6.45) is 0. The molecule has 0 saturated heterocycles. The summed E-state index contributed by atoms with van der Waals surface area (Å²) in [5, 5.41) is 6.26. The number of benzene rings is 1. The molecule has 1 aromatic rings. The molecule has 0 saturated carbocycles. The van der Waals surface area contributed by atoms with E-state index in [1.54, 1.807) is 12.1 Å². The quantitative estimate of drug-likeness (QED) is 0.865. The molecule has 20 heavy (non-hydrogen) atoms. The van der Waals surface area contributed by atoms with Crippen LogP contribution >= 0.6 is 0 Å². The highest BCUT2D eigenvalue weighted by atomic mass is 19.3. The van der Waals surface area contributed by atoms with Gasteiger partial charge < -0.3 is 20.1 Å². The maximum absolute atomic E-state index is 12.3. The predicted molar refractivity (Wildman–Crippen MR) is 71.4 cm³/mol. The molecule has 0 radical (unpaired) electrons. The number of halogens is 2. The Bertz CT molecular complexity index is 495. The van der Waals surface area contributed by atoms with E-state index in [1.807, 2.05) is 6.92 Å². The van der Waals surface area contributed by atoms with Crippen LogP contribution in [0, 0.1) is 0 Å². The molecule has 1 aromatic carbocycles. The number of methoxy groups -OCH3 is 1. The molecule has 1 aliphatic rings. The van der Waals surface area contributed by atoms with Gasteiger partial charge >= 0.3 is 6.61 Å². The number of hydrogen-bond acceptors (Lipinski definition) is 5. The van der Waals surface area contributed by atoms with Crippen LogP contribution in [0.2, 0.25) is 0 Å². The van der Waals surface area contributed by atoms with Crippen molar-refractivity contribution in [2.45, 2.75) is 26.1 Å². The second-order valence-corrected chi connectivity index (χ2v) is 4.45. The number of nitrogens with one attached hydrogen (secondary N) is 2. The van der Waals surface area contributed by atoms with Crippen molar-refractivity contribution in [3.63, 3.8) is 0 Å². The molecule has 2 rings (SSSR count). The lowest BCUT2D eigenvalue weighted by Crippen LogP contribution is -2.37. The van der Waals surface area contributed by atoms with Crippen molar-refractivity contribution in [2.75, 3.05) is 13.7 Å². The van der Waals surface area contributed by atoms with E-state index in [-0.39, 0.29) is 11.5 Å². The standard InChI is InChI=1S/C13H17F2N3O2/c1-8-6-16-13(18-8)17-7-9-3-4-10(19-2)11(5-9)20-12(14)15/h3-5,8,12H,6-7H2,1-2H3,(H2,16,17,18). The van der Waals surface area contributed by atoms with Crippen molar-refractivity contribution in [3.05, 3.63) is 23.8 Å². The fraction of sp³-hybridized carbons (Fsp3) is 0.462. The molecule has 7 heteroatoms. The molecule has 0 spiro atoms. The van der Waals surface area contributed by atoms with Gasteiger partial charge in [-0.3, -0.25) is 4.99 Å². The minimum Gasteiger partial charge on any atom is -0.493 e. The van der Waals surface area contributed by atoms with Crippen LogP contribution in [0.15, 0.2) is 23.2 Å². The lowest BCUT2D eigenvalue weighted by atomic mass is 10.2. The lowest BCUT2D eigenvalue weighted by Gasteiger charge is -2.13. The Morgan fingerprint density at radius 1 is 1.45 bits per heavy atom. The van der Waals surface area contributed by atoms with E-state index in [2.05, 4.69) is 20.4 Å². The summed E-state index contributed by atoms with van der Waals surface area (Å²) in [5.41, 5.74) is 0.797. The maximum atomic E-state index is 12.3. The van der Waals surface area contributed by atoms with Crippen LogP contribution in [0.4, 0.5) is 8.78 Å². The zero-order valence-corrected chi connectivity index (χ0v) is 11.3. The fourth-order valence-electron chi connectivity index (χ4n) is 1.86. The molecule has 110 valence electrons. The van der Waals surface area contributed by atoms with Crippen molar-refractivity contribution < 1.29 is 18.3 Å². The Morgan fingerprint density at radius 2 is 2.25 bits per heavy atom. The van der Waals surface area contributed by atoms with Crippen LogP contribution in [0.3, 0.4) is 0 Å². The van der Waals surface area contributed by atoms with Crippen LogP contribution in [-0.2, 0) is 6.54 Å². The molecule has 1 atom stereocenters. The van der Waals surface area contributed by atoms with E-state index in [4.69, 9.17) is 4.74 Å². The lowest BCUT2D eigenvalue weighted by molar-refractivity contribution is -0.0512. The summed E-state index contributed by atoms with van der Waals surface area (Å²) in [5.74, 6) is 1.01. The number of rotatable bonds is 5. The Balaban J connectivity index is 2.01. The molecule has 1 unspecified atom stereocenters. The van der Waals surface area contributed by atoms with E-state index < -0.39 is 6.61 Å². The first-order valence-corrected chi connectivity index (χ1v) is 6.25. The highest BCUT2D eigenvalue weighted by molar-refractivity contribution is 5.81. The topological polar surface area (TPSA) is 54.9 Å². The molecule has 2 N–H and O–H groups in total. The first-order valence-electron chi connectivity index (χ1n) is 6.25. The number of aliphatic imine (C=N–C) groups is 1. The minimum absolute atomic E-state index is 0.0245. The first-order chi connectivity index (χ1) is 9.58. The maximum Gasteiger partial charge on any atom is 0.387 e. The smallest absolute Gasteiger partial charge is 0.387 e. The van der Waals surface area contributed by atoms with Gasteiger partial charge in [-0.25, -0.2) is 0 Å². The number of nitrogens with zero attached hydrogens (tertiary/aromatic N) is 1. The summed E-state index contributed by atoms with van der Waals surface area (Å²) in [7, 11) is 1.41. The molecular weight excluding hydrogens is 268 g/mol. The second kappa shape index (κ2) is 6.40. The molecule has 1 heterocycles. The van der Waals surface area contributed by atoms with Gasteiger partial charge in [-0.1, -0.05) is 6.07 Å². The number of alkyl halides is 2. The van der Waals surface area contributed by atoms with Crippen molar-refractivity contribution in [2.24, 2.45) is 4.99 Å². The van der Waals surface area contributed by atoms with Gasteiger partial charge in [0.15, 0.2) is 17.5 Å². The van der Waals surface area contributed by atoms with Gasteiger partial charge in [-0.2, -0.15) is 8.78 Å². The number of hydrogen-bond donors (Lipinski definition) is 2. The Labute approximate surface area is 116 Å². The summed E-state index contributed by atoms with van der Waals surface area (Å²) in [4.78, 5) is 4.25. The average Bonchev–Trinajstić information content (AvgIpc) is 2.82. The van der Waals surface area contributed by atoms with Gasteiger partial charge in [0, 0.05) is 12.6 Å². The number of guanidine groups is 1. The van der Waals surface area contributed by atoms with Gasteiger partial charge in [-0.05, 0) is 24.6 Å². The summed E-state index contributed by atoms with van der Waals surface area (Å²) >= 11 is 0. The van der Waals surface area contributed by atoms with E-state index in [9.17, 15) is 8.78 Å². The molecule has 0 bridgehead atoms. The summed E-state index contributed by atoms with van der Waals surface area (Å²) in [6, 6.07) is 5.22. The van der Waals surface area contributed by atoms with Crippen molar-refractivity contribution in [3.8, 4) is 11.5 Å². The SMILES string of the molecule is COc1ccc(CNC2=NCC(C)N2)cc1OC(F)F. The largest absolute Gasteiger partial charge is 0.493 e. The van der Waals surface area contributed by atoms with Crippen LogP contribution in [-0.4, -0.2) is 32.3 Å². The third-order valence-corrected chi connectivity index (χ3v) is 2.81. The molecule has 0 fully saturated rings. The summed E-state index contributed by atoms with van der Waals surface area (Å²) in [6.45, 7) is 0.335. The third-order valence-electron chi connectivity index (χ3n) is 2.81. The predicted octanol–water partition coefficient (Wildman–Crippen LogP) is 1.73. The highest BCUT2D eigenvalue weighted by Gasteiger charge is 2.13. The molecule has 5 nitrogen and oxygen atoms in total. The zero-order chi connectivity index (χ0) is 14.5. The Kier molecular flexibility index (Phi) is 4.60. The van der Waals surface area contributed by atoms with Crippen molar-refractivity contribution in [1.29, 1.82) is 0 Å². The molecular formula is C13H17F2N3O2. The van der Waals surface area contributed by atoms with Crippen molar-refractivity contribution >= 4 is 5.96 Å². The van der Waals surface area contributed by atoms with E-state index >= 15 is 0 Å². The Hall–Kier alpha value is -2.05. The van der Waals surface area contributed by atoms with Gasteiger partial charge in [-0.15, -0.1) is 0 Å². The van der Waals surface area contributed by atoms with E-state index in [0.717, 1.165) is 12.1 Å². The van der Waals surface area contributed by atoms with E-state index in [0.29, 0.717) is 18.5 Å². The molecule has 0 amide bonds. The normalized spacial score (nSPS) is 17.6. The minimum atomic E-state index is -2.88. The van der Waals surface area contributed by atoms with Crippen LogP contribution in [0.5, 0.6) is 11.5 Å². The Morgan fingerprint density at radius 3 is 2.85 bits per heavy atom. The van der Waals surface area contributed by atoms with Crippen LogP contribution < -0.4 is 20.1 Å². The fourth-order valence-corrected chi connectivity index (χ4v) is 1.86. The van der Waals surface area contributed by atoms with Crippen LogP contribution in [0.1, 0.15) is 12.5 Å². The van der Waals surface area contributed by atoms with E-state index in [1.165, 1.54) is 13.2 Å². The highest BCUT2D eigenvalue weighted by Crippen LogP contribution is 2.29. The van der Waals surface area contributed by atoms with Gasteiger partial charge in [0.1, 0.15) is 0 Å². The molecule has 0 aliphatic carbocycles. The van der Waals surface area contributed by atoms with Crippen LogP contribution in [0.25, 0.3) is 0 Å². The second-order valence-electron chi connectivity index (χ2n) is 4.45. The molecule has 1 aliphatic heterocycles. The summed E-state index contributed by atoms with van der Waals surface area (Å²) < 4.78 is 34.1. The number of ether oxygens (including phenoxy) is 2. The van der Waals surface area contributed by atoms with Gasteiger partial charge in [0.05, 0.1) is 13.7 Å². The average molecular weight is 285 g/mol. The molecule has 0 aromatic heterocycles. The van der Waals surface area contributed by atoms with Gasteiger partial charge in [0.25, 0.3) is 0 Å².